The predicted octanol–water partition coefficient (Wildman–Crippen LogP) is 2.39. The number of hydrogen-bond acceptors (Lipinski definition) is 2. The van der Waals surface area contributed by atoms with Crippen molar-refractivity contribution in [3.05, 3.63) is 36.0 Å². The molecule has 1 aliphatic heterocycles. The number of likely N-dealkylation sites (tertiary alicyclic amines) is 1. The molecule has 0 radical (unpaired) electrons. The molecule has 23 heavy (non-hydrogen) atoms. The van der Waals surface area contributed by atoms with Crippen LogP contribution in [0.2, 0.25) is 0 Å². The first kappa shape index (κ1) is 15.6. The van der Waals surface area contributed by atoms with Crippen LogP contribution in [0.25, 0.3) is 10.9 Å². The van der Waals surface area contributed by atoms with Crippen LogP contribution in [0.15, 0.2) is 30.3 Å². The standard InChI is InChI=1S/C18H23N3O2/c1-2-21-15-6-4-3-5-14(15)12-16(21)18(23)20-9-7-13(8-10-20)11-17(19)22/h3-6,12-13H,2,7-11H2,1H3,(H2,19,22). The summed E-state index contributed by atoms with van der Waals surface area (Å²) >= 11 is 0. The van der Waals surface area contributed by atoms with Gasteiger partial charge in [-0.2, -0.15) is 0 Å². The van der Waals surface area contributed by atoms with E-state index >= 15 is 0 Å². The number of rotatable bonds is 4. The molecule has 0 bridgehead atoms. The van der Waals surface area contributed by atoms with Gasteiger partial charge in [-0.25, -0.2) is 0 Å². The fraction of sp³-hybridized carbons (Fsp3) is 0.444. The first-order chi connectivity index (χ1) is 11.1. The lowest BCUT2D eigenvalue weighted by Gasteiger charge is -2.31. The summed E-state index contributed by atoms with van der Waals surface area (Å²) in [4.78, 5) is 25.8. The lowest BCUT2D eigenvalue weighted by Crippen LogP contribution is -2.40. The number of aryl methyl sites for hydroxylation is 1. The molecule has 0 unspecified atom stereocenters. The second kappa shape index (κ2) is 6.44. The Kier molecular flexibility index (Phi) is 4.37. The van der Waals surface area contributed by atoms with Crippen LogP contribution >= 0.6 is 0 Å². The minimum atomic E-state index is -0.249. The summed E-state index contributed by atoms with van der Waals surface area (Å²) in [5.41, 5.74) is 7.12. The summed E-state index contributed by atoms with van der Waals surface area (Å²) in [7, 11) is 0. The van der Waals surface area contributed by atoms with E-state index < -0.39 is 0 Å². The van der Waals surface area contributed by atoms with Crippen molar-refractivity contribution in [3.63, 3.8) is 0 Å². The molecule has 0 aliphatic carbocycles. The van der Waals surface area contributed by atoms with Crippen LogP contribution in [0, 0.1) is 5.92 Å². The number of hydrogen-bond donors (Lipinski definition) is 1. The minimum absolute atomic E-state index is 0.0839. The molecule has 5 heteroatoms. The van der Waals surface area contributed by atoms with Crippen molar-refractivity contribution in [1.29, 1.82) is 0 Å². The van der Waals surface area contributed by atoms with Crippen molar-refractivity contribution in [2.24, 2.45) is 11.7 Å². The van der Waals surface area contributed by atoms with Gasteiger partial charge in [0.15, 0.2) is 0 Å². The fourth-order valence-electron chi connectivity index (χ4n) is 3.51. The maximum Gasteiger partial charge on any atom is 0.270 e. The van der Waals surface area contributed by atoms with E-state index in [1.807, 2.05) is 29.2 Å². The number of carbonyl (C=O) groups excluding carboxylic acids is 2. The zero-order valence-corrected chi connectivity index (χ0v) is 13.5. The Bertz CT molecular complexity index is 727. The largest absolute Gasteiger partial charge is 0.370 e. The van der Waals surface area contributed by atoms with E-state index in [4.69, 9.17) is 5.73 Å². The van der Waals surface area contributed by atoms with E-state index in [0.717, 1.165) is 36.0 Å². The number of amides is 2. The molecule has 2 aromatic rings. The average Bonchev–Trinajstić information content (AvgIpc) is 2.93. The number of piperidine rings is 1. The Labute approximate surface area is 136 Å². The third kappa shape index (κ3) is 3.09. The highest BCUT2D eigenvalue weighted by Gasteiger charge is 2.26. The fourth-order valence-corrected chi connectivity index (χ4v) is 3.51. The Hall–Kier alpha value is -2.30. The van der Waals surface area contributed by atoms with Crippen LogP contribution in [0.5, 0.6) is 0 Å². The van der Waals surface area contributed by atoms with Gasteiger partial charge in [0.05, 0.1) is 0 Å². The van der Waals surface area contributed by atoms with Gasteiger partial charge in [0.25, 0.3) is 5.91 Å². The molecule has 0 saturated carbocycles. The van der Waals surface area contributed by atoms with Gasteiger partial charge in [-0.05, 0) is 37.8 Å². The number of para-hydroxylation sites is 1. The molecule has 0 spiro atoms. The van der Waals surface area contributed by atoms with Crippen LogP contribution < -0.4 is 5.73 Å². The molecule has 2 N–H and O–H groups in total. The molecule has 2 heterocycles. The zero-order chi connectivity index (χ0) is 16.4. The van der Waals surface area contributed by atoms with Crippen LogP contribution in [-0.2, 0) is 11.3 Å². The average molecular weight is 313 g/mol. The molecule has 1 fully saturated rings. The van der Waals surface area contributed by atoms with Crippen molar-refractivity contribution in [1.82, 2.24) is 9.47 Å². The molecule has 122 valence electrons. The number of nitrogens with zero attached hydrogens (tertiary/aromatic N) is 2. The first-order valence-electron chi connectivity index (χ1n) is 8.26. The van der Waals surface area contributed by atoms with Crippen molar-refractivity contribution >= 4 is 22.7 Å². The quantitative estimate of drug-likeness (QED) is 0.941. The third-order valence-electron chi connectivity index (χ3n) is 4.74. The number of carbonyl (C=O) groups is 2. The summed E-state index contributed by atoms with van der Waals surface area (Å²) < 4.78 is 2.08. The summed E-state index contributed by atoms with van der Waals surface area (Å²) in [6.45, 7) is 4.22. The summed E-state index contributed by atoms with van der Waals surface area (Å²) in [6, 6.07) is 10.1. The highest BCUT2D eigenvalue weighted by atomic mass is 16.2. The normalized spacial score (nSPS) is 16.0. The van der Waals surface area contributed by atoms with Crippen molar-refractivity contribution < 1.29 is 9.59 Å². The molecule has 1 aromatic heterocycles. The van der Waals surface area contributed by atoms with Gasteiger partial charge in [0.2, 0.25) is 5.91 Å². The van der Waals surface area contributed by atoms with Crippen LogP contribution in [0.3, 0.4) is 0 Å². The Morgan fingerprint density at radius 2 is 1.91 bits per heavy atom. The molecule has 1 aromatic carbocycles. The molecule has 5 nitrogen and oxygen atoms in total. The molecule has 0 atom stereocenters. The van der Waals surface area contributed by atoms with Gasteiger partial charge in [-0.1, -0.05) is 18.2 Å². The molecular formula is C18H23N3O2. The number of primary amides is 1. The summed E-state index contributed by atoms with van der Waals surface area (Å²) in [5, 5.41) is 1.10. The molecule has 1 aliphatic rings. The zero-order valence-electron chi connectivity index (χ0n) is 13.5. The molecule has 1 saturated heterocycles. The van der Waals surface area contributed by atoms with Gasteiger partial charge in [0.1, 0.15) is 5.69 Å². The number of aromatic nitrogens is 1. The smallest absolute Gasteiger partial charge is 0.270 e. The van der Waals surface area contributed by atoms with E-state index in [0.29, 0.717) is 25.4 Å². The lowest BCUT2D eigenvalue weighted by atomic mass is 9.93. The summed E-state index contributed by atoms with van der Waals surface area (Å²) in [5.74, 6) is 0.148. The highest BCUT2D eigenvalue weighted by molar-refractivity contribution is 5.98. The van der Waals surface area contributed by atoms with Gasteiger partial charge >= 0.3 is 0 Å². The SMILES string of the molecule is CCn1c(C(=O)N2CCC(CC(N)=O)CC2)cc2ccccc21. The topological polar surface area (TPSA) is 68.3 Å². The maximum absolute atomic E-state index is 12.9. The minimum Gasteiger partial charge on any atom is -0.370 e. The second-order valence-electron chi connectivity index (χ2n) is 6.24. The van der Waals surface area contributed by atoms with Gasteiger partial charge in [-0.3, -0.25) is 9.59 Å². The number of fused-ring (bicyclic) bond motifs is 1. The van der Waals surface area contributed by atoms with Crippen LogP contribution in [0.4, 0.5) is 0 Å². The van der Waals surface area contributed by atoms with Crippen molar-refractivity contribution in [3.8, 4) is 0 Å². The van der Waals surface area contributed by atoms with Gasteiger partial charge in [0, 0.05) is 37.0 Å². The lowest BCUT2D eigenvalue weighted by molar-refractivity contribution is -0.119. The van der Waals surface area contributed by atoms with Crippen LogP contribution in [0.1, 0.15) is 36.7 Å². The Morgan fingerprint density at radius 1 is 1.22 bits per heavy atom. The summed E-state index contributed by atoms with van der Waals surface area (Å²) in [6.07, 6.45) is 2.12. The van der Waals surface area contributed by atoms with E-state index in [2.05, 4.69) is 17.6 Å². The first-order valence-corrected chi connectivity index (χ1v) is 8.26. The Balaban J connectivity index is 1.78. The second-order valence-corrected chi connectivity index (χ2v) is 6.24. The molecule has 2 amide bonds. The number of nitrogens with two attached hydrogens (primary N) is 1. The van der Waals surface area contributed by atoms with Crippen molar-refractivity contribution in [2.75, 3.05) is 13.1 Å². The van der Waals surface area contributed by atoms with E-state index in [1.165, 1.54) is 0 Å². The molecule has 3 rings (SSSR count). The molecular weight excluding hydrogens is 290 g/mol. The monoisotopic (exact) mass is 313 g/mol. The predicted molar refractivity (Wildman–Crippen MR) is 90.1 cm³/mol. The highest BCUT2D eigenvalue weighted by Crippen LogP contribution is 2.25. The van der Waals surface area contributed by atoms with E-state index in [-0.39, 0.29) is 11.8 Å². The number of benzene rings is 1. The van der Waals surface area contributed by atoms with Gasteiger partial charge in [-0.15, -0.1) is 0 Å². The van der Waals surface area contributed by atoms with Gasteiger partial charge < -0.3 is 15.2 Å². The van der Waals surface area contributed by atoms with Crippen LogP contribution in [-0.4, -0.2) is 34.4 Å². The van der Waals surface area contributed by atoms with E-state index in [1.54, 1.807) is 0 Å². The van der Waals surface area contributed by atoms with Crippen molar-refractivity contribution in [2.45, 2.75) is 32.7 Å². The Morgan fingerprint density at radius 3 is 2.57 bits per heavy atom. The van der Waals surface area contributed by atoms with E-state index in [9.17, 15) is 9.59 Å². The third-order valence-corrected chi connectivity index (χ3v) is 4.74. The maximum atomic E-state index is 12.9.